The molecule has 1 aromatic carbocycles. The lowest BCUT2D eigenvalue weighted by Crippen LogP contribution is -2.34. The minimum atomic E-state index is -0.747. The third kappa shape index (κ3) is 7.50. The second-order valence-corrected chi connectivity index (χ2v) is 10.9. The third-order valence-corrected chi connectivity index (χ3v) is 7.28. The van der Waals surface area contributed by atoms with Gasteiger partial charge in [-0.1, -0.05) is 43.4 Å². The van der Waals surface area contributed by atoms with Crippen molar-refractivity contribution in [1.82, 2.24) is 15.0 Å². The van der Waals surface area contributed by atoms with Crippen LogP contribution in [0.15, 0.2) is 48.2 Å². The normalized spacial score (nSPS) is 19.9. The number of hydrogen-bond acceptors (Lipinski definition) is 7. The highest BCUT2D eigenvalue weighted by Gasteiger charge is 2.31. The van der Waals surface area contributed by atoms with Crippen LogP contribution in [0.2, 0.25) is 0 Å². The Morgan fingerprint density at radius 1 is 1.26 bits per heavy atom. The molecule has 10 heteroatoms. The molecule has 1 unspecified atom stereocenters. The molecule has 3 rings (SSSR count). The predicted molar refractivity (Wildman–Crippen MR) is 143 cm³/mol. The number of nitrogens with zero attached hydrogens (tertiary/aromatic N) is 3. The van der Waals surface area contributed by atoms with Crippen molar-refractivity contribution in [3.63, 3.8) is 0 Å². The van der Waals surface area contributed by atoms with Crippen molar-refractivity contribution in [3.8, 4) is 5.75 Å². The molecule has 35 heavy (non-hydrogen) atoms. The maximum Gasteiger partial charge on any atom is 0.132 e. The molecule has 1 aromatic heterocycles. The second kappa shape index (κ2) is 12.2. The van der Waals surface area contributed by atoms with Crippen LogP contribution >= 0.6 is 34.2 Å². The van der Waals surface area contributed by atoms with Crippen LogP contribution in [0.4, 0.5) is 0 Å². The molecule has 0 aliphatic heterocycles. The van der Waals surface area contributed by atoms with E-state index in [1.165, 1.54) is 10.3 Å². The summed E-state index contributed by atoms with van der Waals surface area (Å²) in [4.78, 5) is 0. The van der Waals surface area contributed by atoms with Crippen LogP contribution < -0.4 is 4.74 Å². The SMILES string of the molecule is CC1(OC[C@H](O)Cn2cc(CO)nn2)C=CC(C(C)(C)c2ccc(OC[C@H](O)CCl)c(I)c2)=CC1. The highest BCUT2D eigenvalue weighted by atomic mass is 127. The number of alkyl halides is 1. The van der Waals surface area contributed by atoms with E-state index >= 15 is 0 Å². The summed E-state index contributed by atoms with van der Waals surface area (Å²) >= 11 is 7.89. The van der Waals surface area contributed by atoms with E-state index in [-0.39, 0.29) is 37.7 Å². The minimum Gasteiger partial charge on any atom is -0.490 e. The Hall–Kier alpha value is -1.50. The standard InChI is InChI=1S/C25H33ClIN3O5/c1-24(2,18-4-5-23(22(27)10-18)34-15-20(32)11-26)17-6-8-25(3,9-7-17)35-16-21(33)13-30-12-19(14-31)28-29-30/h4-8,10,12,20-21,31-33H,9,11,13-16H2,1-3H3/t20-,21-,25?/m1/s1. The number of hydrogen-bond donors (Lipinski definition) is 3. The zero-order chi connectivity index (χ0) is 25.6. The molecule has 1 heterocycles. The number of ether oxygens (including phenoxy) is 2. The van der Waals surface area contributed by atoms with Gasteiger partial charge in [0.25, 0.3) is 0 Å². The van der Waals surface area contributed by atoms with E-state index in [0.29, 0.717) is 12.1 Å². The van der Waals surface area contributed by atoms with Gasteiger partial charge in [-0.15, -0.1) is 16.7 Å². The smallest absolute Gasteiger partial charge is 0.132 e. The summed E-state index contributed by atoms with van der Waals surface area (Å²) in [6.07, 6.45) is 7.17. The van der Waals surface area contributed by atoms with Crippen LogP contribution in [0.1, 0.15) is 38.4 Å². The number of rotatable bonds is 12. The van der Waals surface area contributed by atoms with Crippen LogP contribution in [0.3, 0.4) is 0 Å². The van der Waals surface area contributed by atoms with Crippen molar-refractivity contribution in [3.05, 3.63) is 63.0 Å². The van der Waals surface area contributed by atoms with Crippen LogP contribution in [0.5, 0.6) is 5.75 Å². The monoisotopic (exact) mass is 617 g/mol. The van der Waals surface area contributed by atoms with Crippen molar-refractivity contribution in [1.29, 1.82) is 0 Å². The number of allylic oxidation sites excluding steroid dienone is 2. The van der Waals surface area contributed by atoms with Crippen molar-refractivity contribution in [2.24, 2.45) is 0 Å². The Kier molecular flexibility index (Phi) is 9.75. The molecule has 1 aliphatic carbocycles. The molecule has 8 nitrogen and oxygen atoms in total. The van der Waals surface area contributed by atoms with Gasteiger partial charge in [0.05, 0.1) is 47.1 Å². The molecule has 0 bridgehead atoms. The third-order valence-electron chi connectivity index (χ3n) is 6.08. The first-order valence-corrected chi connectivity index (χ1v) is 13.1. The lowest BCUT2D eigenvalue weighted by atomic mass is 9.74. The Morgan fingerprint density at radius 3 is 2.63 bits per heavy atom. The van der Waals surface area contributed by atoms with Crippen LogP contribution in [-0.4, -0.2) is 67.2 Å². The molecule has 0 fully saturated rings. The minimum absolute atomic E-state index is 0.136. The number of aliphatic hydroxyl groups excluding tert-OH is 3. The Bertz CT molecular complexity index is 1060. The summed E-state index contributed by atoms with van der Waals surface area (Å²) in [6, 6.07) is 6.08. The highest BCUT2D eigenvalue weighted by molar-refractivity contribution is 14.1. The molecule has 1 aliphatic rings. The number of aromatic nitrogens is 3. The molecule has 2 aromatic rings. The van der Waals surface area contributed by atoms with E-state index in [9.17, 15) is 10.2 Å². The topological polar surface area (TPSA) is 110 Å². The van der Waals surface area contributed by atoms with E-state index in [4.69, 9.17) is 26.2 Å². The van der Waals surface area contributed by atoms with Crippen LogP contribution in [-0.2, 0) is 23.3 Å². The predicted octanol–water partition coefficient (Wildman–Crippen LogP) is 3.35. The molecular formula is C25H33ClIN3O5. The highest BCUT2D eigenvalue weighted by Crippen LogP contribution is 2.38. The first-order valence-electron chi connectivity index (χ1n) is 11.4. The van der Waals surface area contributed by atoms with Gasteiger partial charge >= 0.3 is 0 Å². The number of halogens is 2. The first kappa shape index (κ1) is 28.1. The summed E-state index contributed by atoms with van der Waals surface area (Å²) < 4.78 is 14.2. The molecule has 3 N–H and O–H groups in total. The lowest BCUT2D eigenvalue weighted by Gasteiger charge is -2.34. The molecule has 0 saturated carbocycles. The fourth-order valence-corrected chi connectivity index (χ4v) is 4.50. The van der Waals surface area contributed by atoms with Gasteiger partial charge in [0, 0.05) is 5.41 Å². The fourth-order valence-electron chi connectivity index (χ4n) is 3.74. The van der Waals surface area contributed by atoms with Crippen molar-refractivity contribution in [2.75, 3.05) is 19.1 Å². The summed E-state index contributed by atoms with van der Waals surface area (Å²) in [5.74, 6) is 0.859. The maximum absolute atomic E-state index is 10.3. The van der Waals surface area contributed by atoms with Gasteiger partial charge in [0.15, 0.2) is 0 Å². The van der Waals surface area contributed by atoms with E-state index in [0.717, 1.165) is 14.9 Å². The average Bonchev–Trinajstić information content (AvgIpc) is 3.29. The second-order valence-electron chi connectivity index (χ2n) is 9.45. The molecule has 3 atom stereocenters. The van der Waals surface area contributed by atoms with Crippen molar-refractivity contribution in [2.45, 2.75) is 63.6 Å². The van der Waals surface area contributed by atoms with Crippen molar-refractivity contribution < 1.29 is 24.8 Å². The zero-order valence-electron chi connectivity index (χ0n) is 20.2. The van der Waals surface area contributed by atoms with Gasteiger partial charge in [-0.3, -0.25) is 0 Å². The van der Waals surface area contributed by atoms with Gasteiger partial charge in [-0.05, 0) is 59.2 Å². The van der Waals surface area contributed by atoms with Crippen molar-refractivity contribution >= 4 is 34.2 Å². The lowest BCUT2D eigenvalue weighted by molar-refractivity contribution is -0.0467. The van der Waals surface area contributed by atoms with Gasteiger partial charge in [0.2, 0.25) is 0 Å². The van der Waals surface area contributed by atoms with E-state index in [2.05, 4.69) is 65.0 Å². The van der Waals surface area contributed by atoms with Gasteiger partial charge in [-0.25, -0.2) is 4.68 Å². The van der Waals surface area contributed by atoms with Crippen LogP contribution in [0, 0.1) is 3.57 Å². The Labute approximate surface area is 224 Å². The van der Waals surface area contributed by atoms with Crippen LogP contribution in [0.25, 0.3) is 0 Å². The number of benzene rings is 1. The Morgan fingerprint density at radius 2 is 2.03 bits per heavy atom. The first-order chi connectivity index (χ1) is 16.6. The summed E-state index contributed by atoms with van der Waals surface area (Å²) in [5, 5.41) is 36.8. The summed E-state index contributed by atoms with van der Waals surface area (Å²) in [7, 11) is 0. The van der Waals surface area contributed by atoms with E-state index in [1.54, 1.807) is 6.20 Å². The average molecular weight is 618 g/mol. The van der Waals surface area contributed by atoms with Gasteiger partial charge in [-0.2, -0.15) is 0 Å². The summed E-state index contributed by atoms with van der Waals surface area (Å²) in [6.45, 7) is 6.73. The van der Waals surface area contributed by atoms with E-state index in [1.807, 2.05) is 25.1 Å². The quantitative estimate of drug-likeness (QED) is 0.248. The molecular weight excluding hydrogens is 585 g/mol. The Balaban J connectivity index is 1.58. The maximum atomic E-state index is 10.3. The zero-order valence-corrected chi connectivity index (χ0v) is 23.1. The fraction of sp³-hybridized carbons (Fsp3) is 0.520. The molecule has 0 amide bonds. The largest absolute Gasteiger partial charge is 0.490 e. The summed E-state index contributed by atoms with van der Waals surface area (Å²) in [5.41, 5.74) is 2.04. The van der Waals surface area contributed by atoms with E-state index < -0.39 is 17.8 Å². The number of aliphatic hydroxyl groups is 3. The van der Waals surface area contributed by atoms with Gasteiger partial charge in [0.1, 0.15) is 24.2 Å². The van der Waals surface area contributed by atoms with Gasteiger partial charge < -0.3 is 24.8 Å². The molecule has 0 saturated heterocycles. The molecule has 192 valence electrons. The molecule has 0 spiro atoms. The molecule has 0 radical (unpaired) electrons.